The fourth-order valence-electron chi connectivity index (χ4n) is 1.47. The monoisotopic (exact) mass is 214 g/mol. The van der Waals surface area contributed by atoms with Gasteiger partial charge in [0.15, 0.2) is 0 Å². The molecule has 1 heteroatoms. The maximum atomic E-state index is 3.38. The second kappa shape index (κ2) is 4.10. The summed E-state index contributed by atoms with van der Waals surface area (Å²) in [7, 11) is 0. The Labute approximate surface area is 77.5 Å². The zero-order chi connectivity index (χ0) is 8.27. The van der Waals surface area contributed by atoms with Gasteiger partial charge in [0.2, 0.25) is 0 Å². The summed E-state index contributed by atoms with van der Waals surface area (Å²) in [4.78, 5) is 2.06. The van der Waals surface area contributed by atoms with Crippen LogP contribution in [-0.2, 0) is 0 Å². The third-order valence-corrected chi connectivity index (χ3v) is 3.18. The maximum Gasteiger partial charge on any atom is -0.0160 e. The van der Waals surface area contributed by atoms with Crippen LogP contribution in [0.15, 0.2) is 22.2 Å². The first kappa shape index (κ1) is 9.05. The Morgan fingerprint density at radius 3 is 2.91 bits per heavy atom. The van der Waals surface area contributed by atoms with Gasteiger partial charge in [-0.05, 0) is 44.0 Å². The summed E-state index contributed by atoms with van der Waals surface area (Å²) in [5.41, 5.74) is 3.04. The Balaban J connectivity index is 2.54. The molecule has 1 atom stereocenters. The van der Waals surface area contributed by atoms with Gasteiger partial charge < -0.3 is 0 Å². The van der Waals surface area contributed by atoms with E-state index < -0.39 is 0 Å². The van der Waals surface area contributed by atoms with Crippen LogP contribution >= 0.6 is 15.9 Å². The molecule has 0 unspecified atom stereocenters. The maximum absolute atomic E-state index is 3.38. The van der Waals surface area contributed by atoms with Crippen LogP contribution in [0.3, 0.4) is 0 Å². The van der Waals surface area contributed by atoms with Crippen molar-refractivity contribution in [3.63, 3.8) is 0 Å². The number of halogens is 1. The van der Waals surface area contributed by atoms with Crippen molar-refractivity contribution in [2.45, 2.75) is 33.1 Å². The molecular weight excluding hydrogens is 200 g/mol. The summed E-state index contributed by atoms with van der Waals surface area (Å²) in [5, 5.41) is 0. The first-order chi connectivity index (χ1) is 5.24. The molecule has 0 saturated heterocycles. The van der Waals surface area contributed by atoms with E-state index in [1.54, 1.807) is 5.57 Å². The lowest BCUT2D eigenvalue weighted by molar-refractivity contribution is 0.540. The largest absolute Gasteiger partial charge is 0.0850 e. The number of allylic oxidation sites excluding steroid dienone is 3. The van der Waals surface area contributed by atoms with Crippen molar-refractivity contribution in [3.05, 3.63) is 22.2 Å². The SMILES string of the molecule is CC1=CC[C@H](C(C)=CBr)CC1. The van der Waals surface area contributed by atoms with E-state index in [4.69, 9.17) is 0 Å². The molecule has 0 amide bonds. The standard InChI is InChI=1S/C10H15Br/c1-8-3-5-10(6-4-8)9(2)7-11/h3,7,10H,4-6H2,1-2H3/t10-/m0/s1. The average Bonchev–Trinajstić information content (AvgIpc) is 2.05. The van der Waals surface area contributed by atoms with Crippen LogP contribution in [0.4, 0.5) is 0 Å². The van der Waals surface area contributed by atoms with Gasteiger partial charge in [0.25, 0.3) is 0 Å². The molecule has 1 aliphatic rings. The molecule has 1 rings (SSSR count). The van der Waals surface area contributed by atoms with E-state index in [9.17, 15) is 0 Å². The molecule has 0 saturated carbocycles. The average molecular weight is 215 g/mol. The molecule has 0 bridgehead atoms. The summed E-state index contributed by atoms with van der Waals surface area (Å²) in [5.74, 6) is 0.790. The minimum absolute atomic E-state index is 0.790. The molecule has 0 N–H and O–H groups in total. The van der Waals surface area contributed by atoms with Crippen LogP contribution in [0, 0.1) is 5.92 Å². The summed E-state index contributed by atoms with van der Waals surface area (Å²) in [6, 6.07) is 0. The van der Waals surface area contributed by atoms with Crippen LogP contribution in [0.5, 0.6) is 0 Å². The highest BCUT2D eigenvalue weighted by Gasteiger charge is 2.12. The molecule has 0 radical (unpaired) electrons. The van der Waals surface area contributed by atoms with Crippen LogP contribution in [0.25, 0.3) is 0 Å². The van der Waals surface area contributed by atoms with Crippen molar-refractivity contribution in [1.29, 1.82) is 0 Å². The summed E-state index contributed by atoms with van der Waals surface area (Å²) in [6.45, 7) is 4.43. The Hall–Kier alpha value is -0.0400. The highest BCUT2D eigenvalue weighted by molar-refractivity contribution is 9.11. The number of hydrogen-bond donors (Lipinski definition) is 0. The van der Waals surface area contributed by atoms with E-state index in [2.05, 4.69) is 40.8 Å². The minimum atomic E-state index is 0.790. The quantitative estimate of drug-likeness (QED) is 0.579. The van der Waals surface area contributed by atoms with Crippen molar-refractivity contribution < 1.29 is 0 Å². The Kier molecular flexibility index (Phi) is 3.38. The molecule has 0 heterocycles. The van der Waals surface area contributed by atoms with E-state index in [0.29, 0.717) is 0 Å². The van der Waals surface area contributed by atoms with Crippen LogP contribution in [-0.4, -0.2) is 0 Å². The molecule has 11 heavy (non-hydrogen) atoms. The van der Waals surface area contributed by atoms with Gasteiger partial charge in [0, 0.05) is 0 Å². The number of rotatable bonds is 1. The number of hydrogen-bond acceptors (Lipinski definition) is 0. The van der Waals surface area contributed by atoms with Gasteiger partial charge >= 0.3 is 0 Å². The lowest BCUT2D eigenvalue weighted by Gasteiger charge is -2.20. The normalized spacial score (nSPS) is 26.6. The Bertz CT molecular complexity index is 189. The van der Waals surface area contributed by atoms with E-state index >= 15 is 0 Å². The van der Waals surface area contributed by atoms with Gasteiger partial charge in [0.05, 0.1) is 0 Å². The molecule has 0 fully saturated rings. The second-order valence-electron chi connectivity index (χ2n) is 3.37. The van der Waals surface area contributed by atoms with Crippen molar-refractivity contribution in [2.24, 2.45) is 5.92 Å². The fourth-order valence-corrected chi connectivity index (χ4v) is 1.84. The van der Waals surface area contributed by atoms with Crippen molar-refractivity contribution in [1.82, 2.24) is 0 Å². The van der Waals surface area contributed by atoms with Crippen molar-refractivity contribution in [3.8, 4) is 0 Å². The van der Waals surface area contributed by atoms with E-state index in [0.717, 1.165) is 5.92 Å². The van der Waals surface area contributed by atoms with Crippen molar-refractivity contribution >= 4 is 15.9 Å². The smallest absolute Gasteiger partial charge is 0.0160 e. The van der Waals surface area contributed by atoms with E-state index in [-0.39, 0.29) is 0 Å². The zero-order valence-electron chi connectivity index (χ0n) is 7.23. The predicted molar refractivity (Wildman–Crippen MR) is 53.8 cm³/mol. The first-order valence-corrected chi connectivity index (χ1v) is 5.08. The summed E-state index contributed by atoms with van der Waals surface area (Å²) in [6.07, 6.45) is 6.22. The van der Waals surface area contributed by atoms with Crippen LogP contribution < -0.4 is 0 Å². The van der Waals surface area contributed by atoms with Crippen LogP contribution in [0.2, 0.25) is 0 Å². The van der Waals surface area contributed by atoms with Gasteiger partial charge in [-0.25, -0.2) is 0 Å². The molecule has 0 aromatic rings. The lowest BCUT2D eigenvalue weighted by Crippen LogP contribution is -2.05. The summed E-state index contributed by atoms with van der Waals surface area (Å²) >= 11 is 3.38. The topological polar surface area (TPSA) is 0 Å². The van der Waals surface area contributed by atoms with E-state index in [1.165, 1.54) is 24.8 Å². The van der Waals surface area contributed by atoms with Crippen molar-refractivity contribution in [2.75, 3.05) is 0 Å². The van der Waals surface area contributed by atoms with Gasteiger partial charge in [-0.1, -0.05) is 33.2 Å². The summed E-state index contributed by atoms with van der Waals surface area (Å²) < 4.78 is 0. The minimum Gasteiger partial charge on any atom is -0.0850 e. The first-order valence-electron chi connectivity index (χ1n) is 4.16. The molecule has 0 aromatic carbocycles. The molecule has 1 aliphatic carbocycles. The van der Waals surface area contributed by atoms with Gasteiger partial charge in [0.1, 0.15) is 0 Å². The molecule has 0 aliphatic heterocycles. The van der Waals surface area contributed by atoms with Gasteiger partial charge in [-0.15, -0.1) is 0 Å². The fraction of sp³-hybridized carbons (Fsp3) is 0.600. The molecule has 0 nitrogen and oxygen atoms in total. The Morgan fingerprint density at radius 2 is 2.45 bits per heavy atom. The lowest BCUT2D eigenvalue weighted by atomic mass is 9.86. The molecule has 0 spiro atoms. The zero-order valence-corrected chi connectivity index (χ0v) is 8.82. The predicted octanol–water partition coefficient (Wildman–Crippen LogP) is 4.03. The third-order valence-electron chi connectivity index (χ3n) is 2.45. The van der Waals surface area contributed by atoms with Gasteiger partial charge in [-0.3, -0.25) is 0 Å². The molecule has 62 valence electrons. The molecule has 0 aromatic heterocycles. The van der Waals surface area contributed by atoms with Gasteiger partial charge in [-0.2, -0.15) is 0 Å². The molecular formula is C10H15Br. The second-order valence-corrected chi connectivity index (χ2v) is 3.83. The van der Waals surface area contributed by atoms with Crippen LogP contribution in [0.1, 0.15) is 33.1 Å². The highest BCUT2D eigenvalue weighted by atomic mass is 79.9. The van der Waals surface area contributed by atoms with E-state index in [1.807, 2.05) is 0 Å². The Morgan fingerprint density at radius 1 is 1.73 bits per heavy atom. The highest BCUT2D eigenvalue weighted by Crippen LogP contribution is 2.28. The third kappa shape index (κ3) is 2.48.